The van der Waals surface area contributed by atoms with Gasteiger partial charge in [0.1, 0.15) is 0 Å². The second-order valence-electron chi connectivity index (χ2n) is 10.2. The standard InChI is InChI=1S/C32H59NO3/c1-3-5-7-9-11-13-15-16-18-20-22-24-26-28-32(36)33-30(29-34)31(35)27-25-23-21-19-17-14-12-10-8-6-4-2/h13,15,21,23,25,27,30-31,34-35H,3-12,14,16-20,22,24,26,28-29H2,1-2H3,(H,33,36)/b15-13+,23-21+,27-25+/t30-,31+/m0/s1. The fraction of sp³-hybridized carbons (Fsp3) is 0.781. The molecule has 210 valence electrons. The van der Waals surface area contributed by atoms with E-state index in [0.29, 0.717) is 6.42 Å². The zero-order chi connectivity index (χ0) is 26.5. The predicted octanol–water partition coefficient (Wildman–Crippen LogP) is 8.33. The summed E-state index contributed by atoms with van der Waals surface area (Å²) in [7, 11) is 0. The van der Waals surface area contributed by atoms with Crippen LogP contribution in [0.4, 0.5) is 0 Å². The van der Waals surface area contributed by atoms with E-state index in [1.807, 2.05) is 12.2 Å². The summed E-state index contributed by atoms with van der Waals surface area (Å²) in [6.45, 7) is 4.21. The molecule has 0 heterocycles. The largest absolute Gasteiger partial charge is 0.394 e. The van der Waals surface area contributed by atoms with Crippen LogP contribution in [0, 0.1) is 0 Å². The molecule has 36 heavy (non-hydrogen) atoms. The zero-order valence-electron chi connectivity index (χ0n) is 23.8. The minimum Gasteiger partial charge on any atom is -0.394 e. The number of hydrogen-bond acceptors (Lipinski definition) is 3. The average molecular weight is 506 g/mol. The molecule has 0 aliphatic heterocycles. The Balaban J connectivity index is 3.78. The van der Waals surface area contributed by atoms with Gasteiger partial charge < -0.3 is 15.5 Å². The molecule has 0 aliphatic rings. The molecule has 0 aliphatic carbocycles. The lowest BCUT2D eigenvalue weighted by Crippen LogP contribution is -2.45. The SMILES string of the molecule is CCCCCC/C=C/CCCCCCCC(=O)N[C@@H](CO)[C@H](O)/C=C/C=C/CCCCCCCCC. The molecule has 2 atom stereocenters. The second kappa shape index (κ2) is 28.2. The maximum Gasteiger partial charge on any atom is 0.220 e. The number of aliphatic hydroxyl groups excluding tert-OH is 2. The number of aliphatic hydroxyl groups is 2. The first-order chi connectivity index (χ1) is 17.7. The molecule has 0 aromatic carbocycles. The number of carbonyl (C=O) groups excluding carboxylic acids is 1. The number of allylic oxidation sites excluding steroid dienone is 5. The van der Waals surface area contributed by atoms with Crippen LogP contribution in [0.1, 0.15) is 142 Å². The van der Waals surface area contributed by atoms with Gasteiger partial charge in [-0.15, -0.1) is 0 Å². The first-order valence-corrected chi connectivity index (χ1v) is 15.2. The molecule has 0 bridgehead atoms. The summed E-state index contributed by atoms with van der Waals surface area (Å²) >= 11 is 0. The third kappa shape index (κ3) is 24.3. The van der Waals surface area contributed by atoms with Crippen molar-refractivity contribution in [3.8, 4) is 0 Å². The lowest BCUT2D eigenvalue weighted by molar-refractivity contribution is -0.123. The lowest BCUT2D eigenvalue weighted by Gasteiger charge is -2.19. The summed E-state index contributed by atoms with van der Waals surface area (Å²) in [5.41, 5.74) is 0. The number of amides is 1. The molecule has 0 aromatic heterocycles. The molecular weight excluding hydrogens is 446 g/mol. The van der Waals surface area contributed by atoms with Crippen molar-refractivity contribution in [3.63, 3.8) is 0 Å². The van der Waals surface area contributed by atoms with Gasteiger partial charge in [-0.1, -0.05) is 127 Å². The van der Waals surface area contributed by atoms with E-state index >= 15 is 0 Å². The summed E-state index contributed by atoms with van der Waals surface area (Å²) in [5.74, 6) is -0.0954. The minimum atomic E-state index is -0.887. The third-order valence-corrected chi connectivity index (χ3v) is 6.65. The Labute approximate surface area is 223 Å². The third-order valence-electron chi connectivity index (χ3n) is 6.65. The van der Waals surface area contributed by atoms with E-state index in [1.165, 1.54) is 89.9 Å². The van der Waals surface area contributed by atoms with Gasteiger partial charge in [-0.2, -0.15) is 0 Å². The Morgan fingerprint density at radius 2 is 1.14 bits per heavy atom. The Hall–Kier alpha value is -1.39. The first-order valence-electron chi connectivity index (χ1n) is 15.2. The van der Waals surface area contributed by atoms with Gasteiger partial charge in [0, 0.05) is 6.42 Å². The van der Waals surface area contributed by atoms with Gasteiger partial charge in [-0.3, -0.25) is 4.79 Å². The van der Waals surface area contributed by atoms with E-state index in [9.17, 15) is 15.0 Å². The molecule has 4 heteroatoms. The van der Waals surface area contributed by atoms with Crippen LogP contribution in [0.5, 0.6) is 0 Å². The van der Waals surface area contributed by atoms with E-state index in [2.05, 4.69) is 37.4 Å². The molecule has 0 unspecified atom stereocenters. The van der Waals surface area contributed by atoms with Gasteiger partial charge in [0.15, 0.2) is 0 Å². The van der Waals surface area contributed by atoms with Crippen molar-refractivity contribution >= 4 is 5.91 Å². The van der Waals surface area contributed by atoms with Crippen molar-refractivity contribution in [2.75, 3.05) is 6.61 Å². The highest BCUT2D eigenvalue weighted by Gasteiger charge is 2.17. The van der Waals surface area contributed by atoms with Gasteiger partial charge >= 0.3 is 0 Å². The quantitative estimate of drug-likeness (QED) is 0.0628. The highest BCUT2D eigenvalue weighted by molar-refractivity contribution is 5.76. The molecule has 0 spiro atoms. The zero-order valence-corrected chi connectivity index (χ0v) is 23.8. The smallest absolute Gasteiger partial charge is 0.220 e. The molecule has 0 aromatic rings. The molecular formula is C32H59NO3. The molecule has 4 nitrogen and oxygen atoms in total. The Bertz CT molecular complexity index is 556. The van der Waals surface area contributed by atoms with Crippen LogP contribution in [0.2, 0.25) is 0 Å². The van der Waals surface area contributed by atoms with Gasteiger partial charge in [-0.05, 0) is 44.9 Å². The summed E-state index contributed by atoms with van der Waals surface area (Å²) in [6, 6.07) is -0.654. The highest BCUT2D eigenvalue weighted by atomic mass is 16.3. The maximum atomic E-state index is 12.2. The average Bonchev–Trinajstić information content (AvgIpc) is 2.88. The molecule has 0 radical (unpaired) electrons. The summed E-state index contributed by atoms with van der Waals surface area (Å²) in [6.07, 6.45) is 35.0. The second-order valence-corrected chi connectivity index (χ2v) is 10.2. The van der Waals surface area contributed by atoms with E-state index in [-0.39, 0.29) is 12.5 Å². The highest BCUT2D eigenvalue weighted by Crippen LogP contribution is 2.10. The molecule has 0 fully saturated rings. The summed E-state index contributed by atoms with van der Waals surface area (Å²) in [4.78, 5) is 12.2. The molecule has 3 N–H and O–H groups in total. The summed E-state index contributed by atoms with van der Waals surface area (Å²) < 4.78 is 0. The Morgan fingerprint density at radius 1 is 0.667 bits per heavy atom. The van der Waals surface area contributed by atoms with Crippen molar-refractivity contribution in [2.45, 2.75) is 154 Å². The normalized spacial score (nSPS) is 13.8. The lowest BCUT2D eigenvalue weighted by atomic mass is 10.1. The van der Waals surface area contributed by atoms with Gasteiger partial charge in [0.2, 0.25) is 5.91 Å². The number of unbranched alkanes of at least 4 members (excludes halogenated alkanes) is 16. The number of rotatable bonds is 26. The molecule has 0 saturated heterocycles. The van der Waals surface area contributed by atoms with Crippen molar-refractivity contribution in [1.82, 2.24) is 5.32 Å². The first kappa shape index (κ1) is 34.6. The van der Waals surface area contributed by atoms with E-state index < -0.39 is 12.1 Å². The number of carbonyl (C=O) groups is 1. The van der Waals surface area contributed by atoms with Crippen molar-refractivity contribution < 1.29 is 15.0 Å². The Morgan fingerprint density at radius 3 is 1.69 bits per heavy atom. The van der Waals surface area contributed by atoms with E-state index in [1.54, 1.807) is 6.08 Å². The predicted molar refractivity (Wildman–Crippen MR) is 156 cm³/mol. The van der Waals surface area contributed by atoms with Crippen molar-refractivity contribution in [3.05, 3.63) is 36.5 Å². The van der Waals surface area contributed by atoms with Crippen molar-refractivity contribution in [2.24, 2.45) is 0 Å². The molecule has 1 amide bonds. The van der Waals surface area contributed by atoms with E-state index in [0.717, 1.165) is 32.1 Å². The van der Waals surface area contributed by atoms with Crippen LogP contribution in [-0.2, 0) is 4.79 Å². The van der Waals surface area contributed by atoms with Crippen LogP contribution in [0.3, 0.4) is 0 Å². The topological polar surface area (TPSA) is 69.6 Å². The van der Waals surface area contributed by atoms with Crippen LogP contribution in [0.15, 0.2) is 36.5 Å². The number of nitrogens with one attached hydrogen (secondary N) is 1. The van der Waals surface area contributed by atoms with E-state index in [4.69, 9.17) is 0 Å². The fourth-order valence-electron chi connectivity index (χ4n) is 4.23. The minimum absolute atomic E-state index is 0.0954. The maximum absolute atomic E-state index is 12.2. The monoisotopic (exact) mass is 505 g/mol. The van der Waals surface area contributed by atoms with Crippen LogP contribution in [-0.4, -0.2) is 34.9 Å². The van der Waals surface area contributed by atoms with Gasteiger partial charge in [0.25, 0.3) is 0 Å². The number of hydrogen-bond donors (Lipinski definition) is 3. The van der Waals surface area contributed by atoms with Gasteiger partial charge in [0.05, 0.1) is 18.8 Å². The van der Waals surface area contributed by atoms with Crippen LogP contribution >= 0.6 is 0 Å². The fourth-order valence-corrected chi connectivity index (χ4v) is 4.23. The van der Waals surface area contributed by atoms with Crippen LogP contribution < -0.4 is 5.32 Å². The molecule has 0 saturated carbocycles. The van der Waals surface area contributed by atoms with Gasteiger partial charge in [-0.25, -0.2) is 0 Å². The Kier molecular flexibility index (Phi) is 27.1. The van der Waals surface area contributed by atoms with Crippen LogP contribution in [0.25, 0.3) is 0 Å². The summed E-state index contributed by atoms with van der Waals surface area (Å²) in [5, 5.41) is 22.6. The molecule has 0 rings (SSSR count). The van der Waals surface area contributed by atoms with Crippen molar-refractivity contribution in [1.29, 1.82) is 0 Å².